The fourth-order valence-corrected chi connectivity index (χ4v) is 2.79. The molecule has 1 aromatic rings. The number of carbonyl (C=O) groups excluding carboxylic acids is 2. The van der Waals surface area contributed by atoms with E-state index in [9.17, 15) is 9.59 Å². The summed E-state index contributed by atoms with van der Waals surface area (Å²) in [5.74, 6) is 0.898. The van der Waals surface area contributed by atoms with E-state index in [0.29, 0.717) is 24.7 Å². The fourth-order valence-electron chi connectivity index (χ4n) is 2.09. The summed E-state index contributed by atoms with van der Waals surface area (Å²) in [6.07, 6.45) is 1.25. The Morgan fingerprint density at radius 3 is 2.78 bits per heavy atom. The number of fused-ring (bicyclic) bond motifs is 1. The predicted octanol–water partition coefficient (Wildman–Crippen LogP) is 1.76. The maximum atomic E-state index is 11.8. The Bertz CT molecular complexity index is 602. The summed E-state index contributed by atoms with van der Waals surface area (Å²) in [5.41, 5.74) is 0. The normalized spacial score (nSPS) is 17.3. The lowest BCUT2D eigenvalue weighted by Gasteiger charge is -2.18. The van der Waals surface area contributed by atoms with Gasteiger partial charge in [-0.15, -0.1) is 11.8 Å². The summed E-state index contributed by atoms with van der Waals surface area (Å²) in [7, 11) is 0. The number of hydrogen-bond donors (Lipinski definition) is 1. The highest BCUT2D eigenvalue weighted by Gasteiger charge is 2.27. The van der Waals surface area contributed by atoms with E-state index in [1.807, 2.05) is 18.2 Å². The molecule has 0 unspecified atom stereocenters. The smallest absolute Gasteiger partial charge is 0.317 e. The molecule has 1 aromatic carbocycles. The first-order chi connectivity index (χ1) is 11.1. The number of benzene rings is 1. The summed E-state index contributed by atoms with van der Waals surface area (Å²) < 4.78 is 16.1. The van der Waals surface area contributed by atoms with Crippen molar-refractivity contribution in [2.45, 2.75) is 36.8 Å². The second-order valence-electron chi connectivity index (χ2n) is 5.51. The van der Waals surface area contributed by atoms with Crippen molar-refractivity contribution >= 4 is 23.6 Å². The van der Waals surface area contributed by atoms with Crippen LogP contribution in [-0.2, 0) is 14.3 Å². The highest BCUT2D eigenvalue weighted by molar-refractivity contribution is 8.00. The minimum atomic E-state index is -0.760. The average molecular weight is 337 g/mol. The molecule has 1 atom stereocenters. The standard InChI is InChI=1S/C16H19NO5S/c1-10(16(19)17-11-2-3-11)22-15(18)9-23-12-4-5-13-14(8-12)21-7-6-20-13/h4-5,8,10-11H,2-3,6-7,9H2,1H3,(H,17,19)/t10-/m0/s1. The lowest BCUT2D eigenvalue weighted by atomic mass is 10.3. The van der Waals surface area contributed by atoms with E-state index in [2.05, 4.69) is 5.32 Å². The predicted molar refractivity (Wildman–Crippen MR) is 84.9 cm³/mol. The van der Waals surface area contributed by atoms with Gasteiger partial charge in [-0.3, -0.25) is 9.59 Å². The van der Waals surface area contributed by atoms with E-state index >= 15 is 0 Å². The molecule has 2 aliphatic rings. The molecule has 1 N–H and O–H groups in total. The third-order valence-electron chi connectivity index (χ3n) is 3.47. The molecule has 1 aliphatic heterocycles. The van der Waals surface area contributed by atoms with Crippen molar-refractivity contribution in [1.82, 2.24) is 5.32 Å². The third-order valence-corrected chi connectivity index (χ3v) is 4.44. The maximum absolute atomic E-state index is 11.8. The molecule has 1 heterocycles. The second kappa shape index (κ2) is 7.12. The molecule has 1 fully saturated rings. The average Bonchev–Trinajstić information content (AvgIpc) is 3.36. The van der Waals surface area contributed by atoms with Crippen LogP contribution >= 0.6 is 11.8 Å². The van der Waals surface area contributed by atoms with Gasteiger partial charge in [0.25, 0.3) is 5.91 Å². The van der Waals surface area contributed by atoms with Gasteiger partial charge in [0, 0.05) is 10.9 Å². The molecule has 0 saturated heterocycles. The Labute approximate surface area is 138 Å². The van der Waals surface area contributed by atoms with E-state index < -0.39 is 12.1 Å². The Hall–Kier alpha value is -1.89. The number of nitrogens with one attached hydrogen (secondary N) is 1. The van der Waals surface area contributed by atoms with Crippen LogP contribution in [0.15, 0.2) is 23.1 Å². The van der Waals surface area contributed by atoms with Gasteiger partial charge in [-0.25, -0.2) is 0 Å². The number of thioether (sulfide) groups is 1. The van der Waals surface area contributed by atoms with E-state index in [4.69, 9.17) is 14.2 Å². The second-order valence-corrected chi connectivity index (χ2v) is 6.56. The van der Waals surface area contributed by atoms with Crippen LogP contribution in [0.1, 0.15) is 19.8 Å². The van der Waals surface area contributed by atoms with Gasteiger partial charge in [-0.2, -0.15) is 0 Å². The van der Waals surface area contributed by atoms with Gasteiger partial charge in [0.15, 0.2) is 17.6 Å². The zero-order valence-corrected chi connectivity index (χ0v) is 13.7. The van der Waals surface area contributed by atoms with Crippen LogP contribution in [0.25, 0.3) is 0 Å². The van der Waals surface area contributed by atoms with Crippen LogP contribution in [0.2, 0.25) is 0 Å². The van der Waals surface area contributed by atoms with Gasteiger partial charge in [0.1, 0.15) is 13.2 Å². The lowest BCUT2D eigenvalue weighted by Crippen LogP contribution is -2.37. The summed E-state index contributed by atoms with van der Waals surface area (Å²) in [6.45, 7) is 2.66. The molecule has 0 radical (unpaired) electrons. The Morgan fingerprint density at radius 1 is 1.30 bits per heavy atom. The van der Waals surface area contributed by atoms with E-state index in [-0.39, 0.29) is 17.7 Å². The van der Waals surface area contributed by atoms with Crippen molar-refractivity contribution in [3.63, 3.8) is 0 Å². The van der Waals surface area contributed by atoms with E-state index in [1.165, 1.54) is 11.8 Å². The van der Waals surface area contributed by atoms with Crippen LogP contribution in [0.5, 0.6) is 11.5 Å². The Balaban J connectivity index is 1.45. The number of carbonyl (C=O) groups is 2. The summed E-state index contributed by atoms with van der Waals surface area (Å²) in [5, 5.41) is 2.81. The summed E-state index contributed by atoms with van der Waals surface area (Å²) >= 11 is 1.34. The fraction of sp³-hybridized carbons (Fsp3) is 0.500. The minimum absolute atomic E-state index is 0.140. The van der Waals surface area contributed by atoms with Crippen LogP contribution in [-0.4, -0.2) is 43.0 Å². The number of amides is 1. The quantitative estimate of drug-likeness (QED) is 0.630. The maximum Gasteiger partial charge on any atom is 0.317 e. The van der Waals surface area contributed by atoms with Gasteiger partial charge in [-0.1, -0.05) is 0 Å². The Kier molecular flexibility index (Phi) is 4.95. The number of ether oxygens (including phenoxy) is 3. The van der Waals surface area contributed by atoms with Gasteiger partial charge >= 0.3 is 5.97 Å². The molecule has 23 heavy (non-hydrogen) atoms. The SMILES string of the molecule is C[C@H](OC(=O)CSc1ccc2c(c1)OCCO2)C(=O)NC1CC1. The molecule has 0 spiro atoms. The third kappa shape index (κ3) is 4.54. The molecular weight excluding hydrogens is 318 g/mol. The van der Waals surface area contributed by atoms with Gasteiger partial charge < -0.3 is 19.5 Å². The zero-order valence-electron chi connectivity index (χ0n) is 12.9. The Morgan fingerprint density at radius 2 is 2.04 bits per heavy atom. The van der Waals surface area contributed by atoms with Gasteiger partial charge in [0.05, 0.1) is 5.75 Å². The first kappa shape index (κ1) is 16.0. The van der Waals surface area contributed by atoms with Crippen molar-refractivity contribution in [3.05, 3.63) is 18.2 Å². The molecule has 0 aromatic heterocycles. The molecule has 124 valence electrons. The monoisotopic (exact) mass is 337 g/mol. The molecule has 7 heteroatoms. The highest BCUT2D eigenvalue weighted by atomic mass is 32.2. The van der Waals surface area contributed by atoms with Crippen LogP contribution < -0.4 is 14.8 Å². The first-order valence-electron chi connectivity index (χ1n) is 7.64. The summed E-state index contributed by atoms with van der Waals surface area (Å²) in [4.78, 5) is 24.5. The van der Waals surface area contributed by atoms with Gasteiger partial charge in [-0.05, 0) is 38.0 Å². The van der Waals surface area contributed by atoms with Crippen molar-refractivity contribution < 1.29 is 23.8 Å². The van der Waals surface area contributed by atoms with Crippen molar-refractivity contribution in [1.29, 1.82) is 0 Å². The minimum Gasteiger partial charge on any atom is -0.486 e. The van der Waals surface area contributed by atoms with Crippen LogP contribution in [0.4, 0.5) is 0 Å². The summed E-state index contributed by atoms with van der Waals surface area (Å²) in [6, 6.07) is 5.80. The van der Waals surface area contributed by atoms with E-state index in [0.717, 1.165) is 17.7 Å². The van der Waals surface area contributed by atoms with Crippen LogP contribution in [0.3, 0.4) is 0 Å². The van der Waals surface area contributed by atoms with Crippen molar-refractivity contribution in [2.24, 2.45) is 0 Å². The van der Waals surface area contributed by atoms with Crippen molar-refractivity contribution in [3.8, 4) is 11.5 Å². The van der Waals surface area contributed by atoms with Crippen LogP contribution in [0, 0.1) is 0 Å². The molecule has 6 nitrogen and oxygen atoms in total. The molecular formula is C16H19NO5S. The largest absolute Gasteiger partial charge is 0.486 e. The first-order valence-corrected chi connectivity index (χ1v) is 8.62. The van der Waals surface area contributed by atoms with Crippen molar-refractivity contribution in [2.75, 3.05) is 19.0 Å². The number of rotatable bonds is 6. The molecule has 1 amide bonds. The van der Waals surface area contributed by atoms with Gasteiger partial charge in [0.2, 0.25) is 0 Å². The molecule has 1 saturated carbocycles. The molecule has 0 bridgehead atoms. The topological polar surface area (TPSA) is 73.9 Å². The number of hydrogen-bond acceptors (Lipinski definition) is 6. The molecule has 1 aliphatic carbocycles. The number of esters is 1. The zero-order chi connectivity index (χ0) is 16.2. The van der Waals surface area contributed by atoms with E-state index in [1.54, 1.807) is 6.92 Å². The highest BCUT2D eigenvalue weighted by Crippen LogP contribution is 2.34. The lowest BCUT2D eigenvalue weighted by molar-refractivity contribution is -0.152. The molecule has 3 rings (SSSR count).